The van der Waals surface area contributed by atoms with E-state index in [2.05, 4.69) is 26.1 Å². The van der Waals surface area contributed by atoms with Crippen molar-refractivity contribution in [3.8, 4) is 11.5 Å². The molecule has 3 fully saturated rings. The molecule has 2 amide bonds. The number of phenolic OH excluding ortho intramolecular Hbond substituents is 2. The van der Waals surface area contributed by atoms with Gasteiger partial charge in [0, 0.05) is 25.5 Å². The monoisotopic (exact) mass is 544 g/mol. The first-order valence-electron chi connectivity index (χ1n) is 14.1. The normalized spacial score (nSPS) is 28.9. The van der Waals surface area contributed by atoms with Gasteiger partial charge in [0.25, 0.3) is 0 Å². The molecular weight excluding hydrogens is 500 g/mol. The lowest BCUT2D eigenvalue weighted by atomic mass is 9.70. The molecule has 1 aliphatic heterocycles. The van der Waals surface area contributed by atoms with Gasteiger partial charge >= 0.3 is 5.97 Å². The fourth-order valence-electron chi connectivity index (χ4n) is 6.93. The minimum absolute atomic E-state index is 0.0569. The number of benzene rings is 1. The van der Waals surface area contributed by atoms with Crippen LogP contribution < -0.4 is 5.32 Å². The minimum atomic E-state index is -0.913. The molecule has 2 aliphatic carbocycles. The Kier molecular flexibility index (Phi) is 8.22. The third kappa shape index (κ3) is 5.34. The van der Waals surface area contributed by atoms with Gasteiger partial charge in [0.1, 0.15) is 24.3 Å². The molecule has 9 nitrogen and oxygen atoms in total. The van der Waals surface area contributed by atoms with Crippen molar-refractivity contribution < 1.29 is 34.1 Å². The SMILES string of the molecule is COC(Cc1ccc(O)c(O)c1)C(=O)NC(C(=O)N1CCCC1C(=O)OC1CC2CCC1(C)C2(C)C)C(C)C. The van der Waals surface area contributed by atoms with Crippen molar-refractivity contribution in [1.29, 1.82) is 0 Å². The smallest absolute Gasteiger partial charge is 0.329 e. The standard InChI is InChI=1S/C30H44N2O7/c1-17(2)25(31-26(35)23(38-6)15-18-9-10-21(33)22(34)14-18)27(36)32-13-7-8-20(32)28(37)39-24-16-19-11-12-30(24,5)29(19,3)4/h9-10,14,17,19-20,23-25,33-34H,7-8,11-13,15-16H2,1-6H3,(H,31,35). The molecule has 1 saturated heterocycles. The molecule has 2 saturated carbocycles. The molecule has 1 heterocycles. The average Bonchev–Trinajstić information content (AvgIpc) is 3.51. The van der Waals surface area contributed by atoms with Crippen LogP contribution in [-0.4, -0.2) is 70.8 Å². The lowest BCUT2D eigenvalue weighted by Gasteiger charge is -2.39. The molecule has 216 valence electrons. The van der Waals surface area contributed by atoms with Crippen LogP contribution in [0, 0.1) is 22.7 Å². The summed E-state index contributed by atoms with van der Waals surface area (Å²) >= 11 is 0. The van der Waals surface area contributed by atoms with Crippen molar-refractivity contribution in [2.45, 2.75) is 97.4 Å². The number of phenols is 2. The largest absolute Gasteiger partial charge is 0.504 e. The molecule has 39 heavy (non-hydrogen) atoms. The minimum Gasteiger partial charge on any atom is -0.504 e. The number of nitrogens with one attached hydrogen (secondary N) is 1. The molecule has 4 rings (SSSR count). The number of carbonyl (C=O) groups excluding carboxylic acids is 3. The topological polar surface area (TPSA) is 125 Å². The van der Waals surface area contributed by atoms with Gasteiger partial charge in [0.15, 0.2) is 11.5 Å². The quantitative estimate of drug-likeness (QED) is 0.321. The molecule has 2 bridgehead atoms. The van der Waals surface area contributed by atoms with E-state index in [1.165, 1.54) is 19.2 Å². The predicted molar refractivity (Wildman–Crippen MR) is 145 cm³/mol. The van der Waals surface area contributed by atoms with Gasteiger partial charge in [0.05, 0.1) is 0 Å². The maximum absolute atomic E-state index is 13.7. The maximum atomic E-state index is 13.7. The van der Waals surface area contributed by atoms with Crippen molar-refractivity contribution in [2.24, 2.45) is 22.7 Å². The third-order valence-corrected chi connectivity index (χ3v) is 10.0. The Bertz CT molecular complexity index is 1100. The summed E-state index contributed by atoms with van der Waals surface area (Å²) < 4.78 is 11.5. The first-order valence-corrected chi connectivity index (χ1v) is 14.1. The molecule has 0 aromatic heterocycles. The van der Waals surface area contributed by atoms with Crippen molar-refractivity contribution in [2.75, 3.05) is 13.7 Å². The fraction of sp³-hybridized carbons (Fsp3) is 0.700. The highest BCUT2D eigenvalue weighted by molar-refractivity contribution is 5.92. The van der Waals surface area contributed by atoms with E-state index < -0.39 is 24.1 Å². The molecule has 0 spiro atoms. The van der Waals surface area contributed by atoms with Crippen LogP contribution >= 0.6 is 0 Å². The second-order valence-electron chi connectivity index (χ2n) is 12.7. The van der Waals surface area contributed by atoms with E-state index in [-0.39, 0.29) is 52.6 Å². The van der Waals surface area contributed by atoms with Crippen LogP contribution in [0.4, 0.5) is 0 Å². The van der Waals surface area contributed by atoms with Gasteiger partial charge in [-0.1, -0.05) is 40.7 Å². The molecule has 1 aromatic rings. The van der Waals surface area contributed by atoms with Crippen LogP contribution in [0.1, 0.15) is 72.3 Å². The van der Waals surface area contributed by atoms with Crippen LogP contribution in [-0.2, 0) is 30.3 Å². The van der Waals surface area contributed by atoms with E-state index in [1.807, 2.05) is 13.8 Å². The summed E-state index contributed by atoms with van der Waals surface area (Å²) in [6.45, 7) is 10.9. The van der Waals surface area contributed by atoms with Gasteiger partial charge < -0.3 is 29.9 Å². The van der Waals surface area contributed by atoms with Gasteiger partial charge in [-0.3, -0.25) is 9.59 Å². The Morgan fingerprint density at radius 2 is 1.85 bits per heavy atom. The summed E-state index contributed by atoms with van der Waals surface area (Å²) in [7, 11) is 1.40. The second-order valence-corrected chi connectivity index (χ2v) is 12.7. The molecular formula is C30H44N2O7. The number of nitrogens with zero attached hydrogens (tertiary/aromatic N) is 1. The summed E-state index contributed by atoms with van der Waals surface area (Å²) in [6.07, 6.45) is 3.42. The summed E-state index contributed by atoms with van der Waals surface area (Å²) in [5.41, 5.74) is 0.658. The zero-order valence-electron chi connectivity index (χ0n) is 24.0. The van der Waals surface area contributed by atoms with Crippen molar-refractivity contribution >= 4 is 17.8 Å². The van der Waals surface area contributed by atoms with E-state index >= 15 is 0 Å². The number of carbonyl (C=O) groups is 3. The van der Waals surface area contributed by atoms with Crippen LogP contribution in [0.2, 0.25) is 0 Å². The number of aromatic hydroxyl groups is 2. The number of amides is 2. The lowest BCUT2D eigenvalue weighted by molar-refractivity contribution is -0.165. The zero-order valence-corrected chi connectivity index (χ0v) is 24.0. The zero-order chi connectivity index (χ0) is 28.7. The predicted octanol–water partition coefficient (Wildman–Crippen LogP) is 3.55. The van der Waals surface area contributed by atoms with Gasteiger partial charge in [-0.15, -0.1) is 0 Å². The number of fused-ring (bicyclic) bond motifs is 2. The Morgan fingerprint density at radius 3 is 2.41 bits per heavy atom. The molecule has 1 aromatic carbocycles. The second kappa shape index (κ2) is 11.0. The van der Waals surface area contributed by atoms with E-state index in [4.69, 9.17) is 9.47 Å². The van der Waals surface area contributed by atoms with Gasteiger partial charge in [-0.25, -0.2) is 4.79 Å². The van der Waals surface area contributed by atoms with Crippen LogP contribution in [0.3, 0.4) is 0 Å². The first-order chi connectivity index (χ1) is 18.3. The number of hydrogen-bond acceptors (Lipinski definition) is 7. The summed E-state index contributed by atoms with van der Waals surface area (Å²) in [6, 6.07) is 2.82. The number of hydrogen-bond donors (Lipinski definition) is 3. The van der Waals surface area contributed by atoms with Gasteiger partial charge in [-0.05, 0) is 67.1 Å². The third-order valence-electron chi connectivity index (χ3n) is 10.0. The van der Waals surface area contributed by atoms with E-state index in [0.717, 1.165) is 19.3 Å². The molecule has 6 atom stereocenters. The summed E-state index contributed by atoms with van der Waals surface area (Å²) in [5.74, 6) is -1.32. The number of esters is 1. The summed E-state index contributed by atoms with van der Waals surface area (Å²) in [5, 5.41) is 22.2. The first kappa shape index (κ1) is 29.2. The highest BCUT2D eigenvalue weighted by Gasteiger charge is 2.63. The van der Waals surface area contributed by atoms with Crippen molar-refractivity contribution in [3.63, 3.8) is 0 Å². The number of methoxy groups -OCH3 is 1. The van der Waals surface area contributed by atoms with Crippen LogP contribution in [0.15, 0.2) is 18.2 Å². The van der Waals surface area contributed by atoms with E-state index in [0.29, 0.717) is 30.9 Å². The Hall–Kier alpha value is -2.81. The fourth-order valence-corrected chi connectivity index (χ4v) is 6.93. The molecule has 6 unspecified atom stereocenters. The molecule has 3 aliphatic rings. The van der Waals surface area contributed by atoms with Crippen molar-refractivity contribution in [3.05, 3.63) is 23.8 Å². The van der Waals surface area contributed by atoms with Crippen LogP contribution in [0.5, 0.6) is 11.5 Å². The van der Waals surface area contributed by atoms with E-state index in [9.17, 15) is 24.6 Å². The van der Waals surface area contributed by atoms with Crippen LogP contribution in [0.25, 0.3) is 0 Å². The molecule has 9 heteroatoms. The van der Waals surface area contributed by atoms with Gasteiger partial charge in [0.2, 0.25) is 11.8 Å². The Labute approximate surface area is 231 Å². The number of ether oxygens (including phenoxy) is 2. The number of rotatable bonds is 9. The highest BCUT2D eigenvalue weighted by Crippen LogP contribution is 2.66. The highest BCUT2D eigenvalue weighted by atomic mass is 16.5. The van der Waals surface area contributed by atoms with Crippen molar-refractivity contribution in [1.82, 2.24) is 10.2 Å². The number of likely N-dealkylation sites (tertiary alicyclic amines) is 1. The van der Waals surface area contributed by atoms with Gasteiger partial charge in [-0.2, -0.15) is 0 Å². The summed E-state index contributed by atoms with van der Waals surface area (Å²) in [4.78, 5) is 41.9. The molecule has 3 N–H and O–H groups in total. The average molecular weight is 545 g/mol. The lowest BCUT2D eigenvalue weighted by Crippen LogP contribution is -2.56. The molecule has 0 radical (unpaired) electrons. The van der Waals surface area contributed by atoms with E-state index in [1.54, 1.807) is 11.0 Å². The maximum Gasteiger partial charge on any atom is 0.329 e. The Morgan fingerprint density at radius 1 is 1.13 bits per heavy atom. The Balaban J connectivity index is 1.42.